The predicted octanol–water partition coefficient (Wildman–Crippen LogP) is 1.91. The Bertz CT molecular complexity index is 114. The normalized spacial score (nSPS) is 13.0. The van der Waals surface area contributed by atoms with E-state index in [0.717, 1.165) is 18.7 Å². The van der Waals surface area contributed by atoms with Gasteiger partial charge in [0.1, 0.15) is 5.84 Å². The van der Waals surface area contributed by atoms with Crippen LogP contribution in [0.1, 0.15) is 26.7 Å². The lowest BCUT2D eigenvalue weighted by Crippen LogP contribution is -1.84. The Labute approximate surface area is 56.7 Å². The molecule has 0 saturated heterocycles. The van der Waals surface area contributed by atoms with Gasteiger partial charge in [-0.25, -0.2) is 4.99 Å². The zero-order chi connectivity index (χ0) is 7.11. The molecule has 0 atom stereocenters. The van der Waals surface area contributed by atoms with Gasteiger partial charge in [-0.05, 0) is 13.3 Å². The van der Waals surface area contributed by atoms with E-state index >= 15 is 0 Å². The summed E-state index contributed by atoms with van der Waals surface area (Å²) in [5, 5.41) is 0. The summed E-state index contributed by atoms with van der Waals surface area (Å²) in [4.78, 5) is 7.94. The van der Waals surface area contributed by atoms with Crippen LogP contribution in [0.25, 0.3) is 0 Å². The first-order valence-corrected chi connectivity index (χ1v) is 3.27. The monoisotopic (exact) mass is 126 g/mol. The van der Waals surface area contributed by atoms with Crippen molar-refractivity contribution in [2.75, 3.05) is 7.05 Å². The molecule has 0 aliphatic heterocycles. The molecule has 0 aromatic rings. The topological polar surface area (TPSA) is 24.7 Å². The third-order valence-corrected chi connectivity index (χ3v) is 1.02. The fraction of sp³-hybridized carbons (Fsp3) is 0.714. The summed E-state index contributed by atoms with van der Waals surface area (Å²) in [6, 6.07) is 0. The van der Waals surface area contributed by atoms with Gasteiger partial charge in [0, 0.05) is 13.3 Å². The van der Waals surface area contributed by atoms with Crippen LogP contribution in [0.3, 0.4) is 0 Å². The second-order valence-corrected chi connectivity index (χ2v) is 1.87. The summed E-state index contributed by atoms with van der Waals surface area (Å²) in [6.45, 7) is 4.02. The molecular weight excluding hydrogens is 112 g/mol. The van der Waals surface area contributed by atoms with Crippen LogP contribution >= 0.6 is 0 Å². The Morgan fingerprint density at radius 3 is 2.67 bits per heavy atom. The van der Waals surface area contributed by atoms with Crippen LogP contribution in [0, 0.1) is 0 Å². The maximum absolute atomic E-state index is 4.06. The summed E-state index contributed by atoms with van der Waals surface area (Å²) in [5.74, 6) is 0.850. The number of amidine groups is 1. The molecule has 0 aromatic carbocycles. The predicted molar refractivity (Wildman–Crippen MR) is 42.4 cm³/mol. The van der Waals surface area contributed by atoms with Crippen molar-refractivity contribution in [2.24, 2.45) is 9.98 Å². The first-order valence-electron chi connectivity index (χ1n) is 3.27. The number of aliphatic imine (C=N–C) groups is 2. The summed E-state index contributed by atoms with van der Waals surface area (Å²) in [6.07, 6.45) is 4.11. The number of nitrogens with zero attached hydrogens (tertiary/aromatic N) is 2. The molecule has 0 aliphatic rings. The van der Waals surface area contributed by atoms with Gasteiger partial charge in [0.05, 0.1) is 0 Å². The zero-order valence-electron chi connectivity index (χ0n) is 6.39. The molecule has 0 saturated carbocycles. The average Bonchev–Trinajstić information content (AvgIpc) is 1.89. The van der Waals surface area contributed by atoms with Crippen molar-refractivity contribution in [3.05, 3.63) is 0 Å². The Balaban J connectivity index is 3.45. The zero-order valence-corrected chi connectivity index (χ0v) is 6.39. The Kier molecular flexibility index (Phi) is 5.07. The van der Waals surface area contributed by atoms with E-state index in [-0.39, 0.29) is 0 Å². The molecule has 0 N–H and O–H groups in total. The van der Waals surface area contributed by atoms with E-state index in [1.165, 1.54) is 0 Å². The summed E-state index contributed by atoms with van der Waals surface area (Å²) < 4.78 is 0. The van der Waals surface area contributed by atoms with E-state index in [2.05, 4.69) is 16.9 Å². The standard InChI is InChI=1S/C7H14N2/c1-4-5-6-9-7(2)8-3/h6H,4-5H2,1-3H3. The molecular formula is C7H14N2. The lowest BCUT2D eigenvalue weighted by Gasteiger charge is -1.85. The third-order valence-electron chi connectivity index (χ3n) is 1.02. The fourth-order valence-electron chi connectivity index (χ4n) is 0.383. The molecule has 0 aromatic heterocycles. The molecule has 0 spiro atoms. The van der Waals surface area contributed by atoms with Gasteiger partial charge >= 0.3 is 0 Å². The molecule has 0 radical (unpaired) electrons. The van der Waals surface area contributed by atoms with Gasteiger partial charge in [-0.3, -0.25) is 4.99 Å². The quantitative estimate of drug-likeness (QED) is 0.399. The van der Waals surface area contributed by atoms with Crippen molar-refractivity contribution in [3.63, 3.8) is 0 Å². The van der Waals surface area contributed by atoms with Crippen LogP contribution in [0.4, 0.5) is 0 Å². The van der Waals surface area contributed by atoms with Crippen molar-refractivity contribution in [2.45, 2.75) is 26.7 Å². The van der Waals surface area contributed by atoms with Crippen molar-refractivity contribution >= 4 is 12.1 Å². The van der Waals surface area contributed by atoms with Crippen LogP contribution in [0.5, 0.6) is 0 Å². The first kappa shape index (κ1) is 8.34. The minimum atomic E-state index is 0.850. The highest BCUT2D eigenvalue weighted by Gasteiger charge is 1.77. The number of unbranched alkanes of at least 4 members (excludes halogenated alkanes) is 1. The van der Waals surface area contributed by atoms with Crippen molar-refractivity contribution < 1.29 is 0 Å². The van der Waals surface area contributed by atoms with Crippen molar-refractivity contribution in [1.29, 1.82) is 0 Å². The largest absolute Gasteiger partial charge is 0.274 e. The average molecular weight is 126 g/mol. The smallest absolute Gasteiger partial charge is 0.119 e. The van der Waals surface area contributed by atoms with Crippen LogP contribution in [-0.4, -0.2) is 19.1 Å². The summed E-state index contributed by atoms with van der Waals surface area (Å²) in [5.41, 5.74) is 0. The molecule has 0 fully saturated rings. The van der Waals surface area contributed by atoms with Gasteiger partial charge in [0.25, 0.3) is 0 Å². The van der Waals surface area contributed by atoms with Crippen LogP contribution < -0.4 is 0 Å². The van der Waals surface area contributed by atoms with Gasteiger partial charge in [0.15, 0.2) is 0 Å². The van der Waals surface area contributed by atoms with Gasteiger partial charge < -0.3 is 0 Å². The second-order valence-electron chi connectivity index (χ2n) is 1.87. The third kappa shape index (κ3) is 5.21. The van der Waals surface area contributed by atoms with Gasteiger partial charge in [-0.15, -0.1) is 0 Å². The molecule has 0 rings (SSSR count). The molecule has 0 heterocycles. The van der Waals surface area contributed by atoms with Gasteiger partial charge in [-0.1, -0.05) is 13.3 Å². The lowest BCUT2D eigenvalue weighted by atomic mass is 10.4. The lowest BCUT2D eigenvalue weighted by molar-refractivity contribution is 1.01. The van der Waals surface area contributed by atoms with E-state index < -0.39 is 0 Å². The van der Waals surface area contributed by atoms with Gasteiger partial charge in [-0.2, -0.15) is 0 Å². The number of rotatable bonds is 2. The Morgan fingerprint density at radius 2 is 2.22 bits per heavy atom. The molecule has 2 heteroatoms. The Hall–Kier alpha value is -0.660. The van der Waals surface area contributed by atoms with Crippen LogP contribution in [0.15, 0.2) is 9.98 Å². The molecule has 0 aliphatic carbocycles. The molecule has 0 amide bonds. The highest BCUT2D eigenvalue weighted by Crippen LogP contribution is 1.82. The SMILES string of the molecule is CCCC=NC(C)=NC. The van der Waals surface area contributed by atoms with Gasteiger partial charge in [0.2, 0.25) is 0 Å². The van der Waals surface area contributed by atoms with Crippen LogP contribution in [-0.2, 0) is 0 Å². The number of hydrogen-bond donors (Lipinski definition) is 0. The highest BCUT2D eigenvalue weighted by molar-refractivity contribution is 5.87. The van der Waals surface area contributed by atoms with Crippen molar-refractivity contribution in [3.8, 4) is 0 Å². The van der Waals surface area contributed by atoms with E-state index in [4.69, 9.17) is 0 Å². The highest BCUT2D eigenvalue weighted by atomic mass is 14.9. The maximum Gasteiger partial charge on any atom is 0.119 e. The summed E-state index contributed by atoms with van der Waals surface area (Å²) in [7, 11) is 1.75. The molecule has 9 heavy (non-hydrogen) atoms. The minimum absolute atomic E-state index is 0.850. The van der Waals surface area contributed by atoms with E-state index in [1.807, 2.05) is 13.1 Å². The van der Waals surface area contributed by atoms with Crippen LogP contribution in [0.2, 0.25) is 0 Å². The maximum atomic E-state index is 4.06. The second kappa shape index (κ2) is 5.48. The molecule has 52 valence electrons. The van der Waals surface area contributed by atoms with E-state index in [9.17, 15) is 0 Å². The number of hydrogen-bond acceptors (Lipinski definition) is 1. The van der Waals surface area contributed by atoms with E-state index in [1.54, 1.807) is 7.05 Å². The molecule has 0 bridgehead atoms. The first-order chi connectivity index (χ1) is 4.31. The molecule has 0 unspecified atom stereocenters. The summed E-state index contributed by atoms with van der Waals surface area (Å²) >= 11 is 0. The van der Waals surface area contributed by atoms with Crippen molar-refractivity contribution in [1.82, 2.24) is 0 Å². The van der Waals surface area contributed by atoms with E-state index in [0.29, 0.717) is 0 Å². The molecule has 2 nitrogen and oxygen atoms in total. The Morgan fingerprint density at radius 1 is 1.56 bits per heavy atom. The minimum Gasteiger partial charge on any atom is -0.274 e. The fourth-order valence-corrected chi connectivity index (χ4v) is 0.383.